The second kappa shape index (κ2) is 6.16. The molecule has 0 saturated heterocycles. The van der Waals surface area contributed by atoms with Gasteiger partial charge in [-0.25, -0.2) is 0 Å². The zero-order valence-corrected chi connectivity index (χ0v) is 10.7. The molecule has 0 fully saturated rings. The highest BCUT2D eigenvalue weighted by Crippen LogP contribution is 2.31. The molecule has 0 amide bonds. The molecule has 0 bridgehead atoms. The van der Waals surface area contributed by atoms with E-state index in [1.807, 2.05) is 48.5 Å². The molecule has 2 aromatic carbocycles. The SMILES string of the molecule is COC(=O)[C@H](c1ccccc1)[C@@H](O)c1ccccc1. The van der Waals surface area contributed by atoms with Crippen LogP contribution in [0, 0.1) is 0 Å². The average molecular weight is 256 g/mol. The predicted octanol–water partition coefficient (Wildman–Crippen LogP) is 2.68. The van der Waals surface area contributed by atoms with Gasteiger partial charge in [0, 0.05) is 0 Å². The van der Waals surface area contributed by atoms with Crippen molar-refractivity contribution >= 4 is 5.97 Å². The molecule has 3 nitrogen and oxygen atoms in total. The van der Waals surface area contributed by atoms with Gasteiger partial charge < -0.3 is 9.84 Å². The standard InChI is InChI=1S/C16H16O3/c1-19-16(18)14(12-8-4-2-5-9-12)15(17)13-10-6-3-7-11-13/h2-11,14-15,17H,1H3/t14-,15+/m1/s1. The van der Waals surface area contributed by atoms with Gasteiger partial charge >= 0.3 is 5.97 Å². The Hall–Kier alpha value is -2.13. The Morgan fingerprint density at radius 3 is 1.89 bits per heavy atom. The lowest BCUT2D eigenvalue weighted by atomic mass is 9.89. The summed E-state index contributed by atoms with van der Waals surface area (Å²) in [6.07, 6.45) is -0.920. The van der Waals surface area contributed by atoms with Gasteiger partial charge in [0.15, 0.2) is 0 Å². The van der Waals surface area contributed by atoms with Crippen molar-refractivity contribution in [3.8, 4) is 0 Å². The fraction of sp³-hybridized carbons (Fsp3) is 0.188. The van der Waals surface area contributed by atoms with Crippen molar-refractivity contribution in [2.45, 2.75) is 12.0 Å². The zero-order valence-electron chi connectivity index (χ0n) is 10.7. The van der Waals surface area contributed by atoms with E-state index in [9.17, 15) is 9.90 Å². The largest absolute Gasteiger partial charge is 0.468 e. The number of aliphatic hydroxyl groups excluding tert-OH is 1. The Morgan fingerprint density at radius 1 is 0.947 bits per heavy atom. The lowest BCUT2D eigenvalue weighted by Crippen LogP contribution is -2.21. The summed E-state index contributed by atoms with van der Waals surface area (Å²) in [7, 11) is 1.33. The Labute approximate surface area is 112 Å². The highest BCUT2D eigenvalue weighted by molar-refractivity contribution is 5.79. The first kappa shape index (κ1) is 13.3. The van der Waals surface area contributed by atoms with Crippen LogP contribution in [0.2, 0.25) is 0 Å². The van der Waals surface area contributed by atoms with Crippen LogP contribution in [0.3, 0.4) is 0 Å². The van der Waals surface area contributed by atoms with Gasteiger partial charge in [-0.3, -0.25) is 4.79 Å². The van der Waals surface area contributed by atoms with Gasteiger partial charge in [-0.2, -0.15) is 0 Å². The Kier molecular flexibility index (Phi) is 4.31. The molecule has 0 aliphatic carbocycles. The van der Waals surface area contributed by atoms with Gasteiger partial charge in [0.2, 0.25) is 0 Å². The molecule has 0 unspecified atom stereocenters. The summed E-state index contributed by atoms with van der Waals surface area (Å²) in [4.78, 5) is 11.9. The Morgan fingerprint density at radius 2 is 1.42 bits per heavy atom. The number of aliphatic hydroxyl groups is 1. The third-order valence-electron chi connectivity index (χ3n) is 3.07. The number of hydrogen-bond donors (Lipinski definition) is 1. The first-order valence-electron chi connectivity index (χ1n) is 6.10. The third-order valence-corrected chi connectivity index (χ3v) is 3.07. The number of hydrogen-bond acceptors (Lipinski definition) is 3. The maximum Gasteiger partial charge on any atom is 0.316 e. The van der Waals surface area contributed by atoms with Gasteiger partial charge in [0.05, 0.1) is 13.2 Å². The number of esters is 1. The molecule has 0 heterocycles. The highest BCUT2D eigenvalue weighted by Gasteiger charge is 2.30. The maximum atomic E-state index is 11.9. The average Bonchev–Trinajstić information content (AvgIpc) is 2.49. The van der Waals surface area contributed by atoms with Crippen molar-refractivity contribution < 1.29 is 14.6 Å². The van der Waals surface area contributed by atoms with Gasteiger partial charge in [-0.15, -0.1) is 0 Å². The van der Waals surface area contributed by atoms with Gasteiger partial charge in [-0.05, 0) is 11.1 Å². The van der Waals surface area contributed by atoms with E-state index in [0.717, 1.165) is 5.56 Å². The Balaban J connectivity index is 2.36. The monoisotopic (exact) mass is 256 g/mol. The lowest BCUT2D eigenvalue weighted by molar-refractivity contribution is -0.145. The molecule has 0 spiro atoms. The fourth-order valence-electron chi connectivity index (χ4n) is 2.08. The molecule has 2 rings (SSSR count). The molecule has 0 aliphatic rings. The lowest BCUT2D eigenvalue weighted by Gasteiger charge is -2.21. The van der Waals surface area contributed by atoms with Crippen LogP contribution in [0.25, 0.3) is 0 Å². The van der Waals surface area contributed by atoms with Crippen LogP contribution in [-0.2, 0) is 9.53 Å². The number of rotatable bonds is 4. The molecule has 2 aromatic rings. The predicted molar refractivity (Wildman–Crippen MR) is 72.6 cm³/mol. The van der Waals surface area contributed by atoms with Crippen molar-refractivity contribution in [1.82, 2.24) is 0 Å². The molecular formula is C16H16O3. The summed E-state index contributed by atoms with van der Waals surface area (Å²) in [5.41, 5.74) is 1.44. The van der Waals surface area contributed by atoms with E-state index in [-0.39, 0.29) is 0 Å². The summed E-state index contributed by atoms with van der Waals surface area (Å²) < 4.78 is 4.81. The van der Waals surface area contributed by atoms with Crippen LogP contribution in [0.1, 0.15) is 23.1 Å². The maximum absolute atomic E-state index is 11.9. The normalized spacial score (nSPS) is 13.6. The van der Waals surface area contributed by atoms with E-state index in [1.165, 1.54) is 7.11 Å². The summed E-state index contributed by atoms with van der Waals surface area (Å²) in [5.74, 6) is -1.16. The molecule has 0 radical (unpaired) electrons. The second-order valence-corrected chi connectivity index (χ2v) is 4.27. The van der Waals surface area contributed by atoms with Crippen LogP contribution < -0.4 is 0 Å². The van der Waals surface area contributed by atoms with E-state index in [2.05, 4.69) is 0 Å². The van der Waals surface area contributed by atoms with Crippen molar-refractivity contribution in [2.75, 3.05) is 7.11 Å². The molecule has 2 atom stereocenters. The van der Waals surface area contributed by atoms with E-state index >= 15 is 0 Å². The Bertz CT molecular complexity index is 522. The smallest absolute Gasteiger partial charge is 0.316 e. The van der Waals surface area contributed by atoms with E-state index in [0.29, 0.717) is 5.56 Å². The summed E-state index contributed by atoms with van der Waals surface area (Å²) in [6.45, 7) is 0. The van der Waals surface area contributed by atoms with Crippen molar-refractivity contribution in [3.05, 3.63) is 71.8 Å². The van der Waals surface area contributed by atoms with Gasteiger partial charge in [0.25, 0.3) is 0 Å². The van der Waals surface area contributed by atoms with Crippen LogP contribution in [0.15, 0.2) is 60.7 Å². The van der Waals surface area contributed by atoms with Gasteiger partial charge in [0.1, 0.15) is 5.92 Å². The molecule has 0 aliphatic heterocycles. The molecule has 98 valence electrons. The summed E-state index contributed by atoms with van der Waals surface area (Å²) >= 11 is 0. The highest BCUT2D eigenvalue weighted by atomic mass is 16.5. The van der Waals surface area contributed by atoms with E-state index in [4.69, 9.17) is 4.74 Å². The molecule has 1 N–H and O–H groups in total. The topological polar surface area (TPSA) is 46.5 Å². The minimum Gasteiger partial charge on any atom is -0.468 e. The zero-order chi connectivity index (χ0) is 13.7. The number of methoxy groups -OCH3 is 1. The van der Waals surface area contributed by atoms with Crippen LogP contribution in [-0.4, -0.2) is 18.2 Å². The van der Waals surface area contributed by atoms with Crippen LogP contribution >= 0.6 is 0 Å². The fourth-order valence-corrected chi connectivity index (χ4v) is 2.08. The molecular weight excluding hydrogens is 240 g/mol. The van der Waals surface area contributed by atoms with Crippen LogP contribution in [0.4, 0.5) is 0 Å². The third kappa shape index (κ3) is 3.01. The van der Waals surface area contributed by atoms with Gasteiger partial charge in [-0.1, -0.05) is 60.7 Å². The minimum atomic E-state index is -0.920. The minimum absolute atomic E-state index is 0.442. The van der Waals surface area contributed by atoms with Crippen LogP contribution in [0.5, 0.6) is 0 Å². The quantitative estimate of drug-likeness (QED) is 0.855. The van der Waals surface area contributed by atoms with E-state index < -0.39 is 18.0 Å². The second-order valence-electron chi connectivity index (χ2n) is 4.27. The summed E-state index contributed by atoms with van der Waals surface area (Å²) in [6, 6.07) is 18.3. The van der Waals surface area contributed by atoms with Crippen molar-refractivity contribution in [2.24, 2.45) is 0 Å². The number of carbonyl (C=O) groups is 1. The summed E-state index contributed by atoms with van der Waals surface area (Å²) in [5, 5.41) is 10.4. The molecule has 0 saturated carbocycles. The number of carbonyl (C=O) groups excluding carboxylic acids is 1. The first-order valence-corrected chi connectivity index (χ1v) is 6.10. The number of benzene rings is 2. The van der Waals surface area contributed by atoms with E-state index in [1.54, 1.807) is 12.1 Å². The van der Waals surface area contributed by atoms with Crippen molar-refractivity contribution in [1.29, 1.82) is 0 Å². The number of ether oxygens (including phenoxy) is 1. The first-order chi connectivity index (χ1) is 9.24. The molecule has 3 heteroatoms. The molecule has 19 heavy (non-hydrogen) atoms. The van der Waals surface area contributed by atoms with Crippen molar-refractivity contribution in [3.63, 3.8) is 0 Å². The molecule has 0 aromatic heterocycles.